The average molecular weight is 272 g/mol. The number of benzene rings is 1. The third-order valence-corrected chi connectivity index (χ3v) is 2.78. The first-order valence-corrected chi connectivity index (χ1v) is 6.12. The van der Waals surface area contributed by atoms with Gasteiger partial charge in [-0.2, -0.15) is 0 Å². The van der Waals surface area contributed by atoms with Gasteiger partial charge in [-0.3, -0.25) is 4.79 Å². The first kappa shape index (κ1) is 13.8. The average Bonchev–Trinajstić information content (AvgIpc) is 2.53. The molecule has 0 aliphatic carbocycles. The van der Waals surface area contributed by atoms with E-state index in [0.717, 1.165) is 5.56 Å². The van der Waals surface area contributed by atoms with Crippen LogP contribution in [-0.4, -0.2) is 37.1 Å². The number of nitrogens with one attached hydrogen (secondary N) is 2. The van der Waals surface area contributed by atoms with Crippen LogP contribution in [0.25, 0.3) is 11.3 Å². The largest absolute Gasteiger partial charge is 0.479 e. The SMILES string of the molecule is CNC(=O)c1nc(OC)c(-c2ccccc2)nc1NC. The van der Waals surface area contributed by atoms with Gasteiger partial charge in [0.25, 0.3) is 5.91 Å². The Labute approximate surface area is 117 Å². The highest BCUT2D eigenvalue weighted by Gasteiger charge is 2.19. The number of carbonyl (C=O) groups excluding carboxylic acids is 1. The van der Waals surface area contributed by atoms with E-state index in [1.54, 1.807) is 14.1 Å². The molecule has 0 bridgehead atoms. The van der Waals surface area contributed by atoms with Crippen LogP contribution in [0.15, 0.2) is 30.3 Å². The van der Waals surface area contributed by atoms with E-state index in [2.05, 4.69) is 20.6 Å². The van der Waals surface area contributed by atoms with Crippen molar-refractivity contribution in [1.29, 1.82) is 0 Å². The van der Waals surface area contributed by atoms with Gasteiger partial charge in [-0.15, -0.1) is 0 Å². The molecule has 0 aliphatic rings. The molecule has 0 unspecified atom stereocenters. The second kappa shape index (κ2) is 6.01. The Bertz CT molecular complexity index is 614. The fourth-order valence-electron chi connectivity index (χ4n) is 1.80. The van der Waals surface area contributed by atoms with Crippen LogP contribution < -0.4 is 15.4 Å². The molecular weight excluding hydrogens is 256 g/mol. The Morgan fingerprint density at radius 3 is 2.40 bits per heavy atom. The van der Waals surface area contributed by atoms with Gasteiger partial charge in [-0.05, 0) is 0 Å². The van der Waals surface area contributed by atoms with Gasteiger partial charge in [0.15, 0.2) is 11.5 Å². The summed E-state index contributed by atoms with van der Waals surface area (Å²) in [5.74, 6) is 0.401. The van der Waals surface area contributed by atoms with Crippen LogP contribution in [0.5, 0.6) is 5.88 Å². The second-order valence-corrected chi connectivity index (χ2v) is 3.97. The molecule has 104 valence electrons. The van der Waals surface area contributed by atoms with E-state index in [1.165, 1.54) is 7.11 Å². The summed E-state index contributed by atoms with van der Waals surface area (Å²) in [5, 5.41) is 5.41. The van der Waals surface area contributed by atoms with Crippen LogP contribution in [0, 0.1) is 0 Å². The van der Waals surface area contributed by atoms with E-state index in [4.69, 9.17) is 4.74 Å². The van der Waals surface area contributed by atoms with Crippen molar-refractivity contribution in [1.82, 2.24) is 15.3 Å². The number of aromatic nitrogens is 2. The maximum absolute atomic E-state index is 11.8. The molecule has 0 fully saturated rings. The van der Waals surface area contributed by atoms with Crippen molar-refractivity contribution in [2.75, 3.05) is 26.5 Å². The van der Waals surface area contributed by atoms with Crippen LogP contribution in [0.4, 0.5) is 5.82 Å². The molecule has 0 aliphatic heterocycles. The second-order valence-electron chi connectivity index (χ2n) is 3.97. The molecule has 6 nitrogen and oxygen atoms in total. The zero-order chi connectivity index (χ0) is 14.5. The Hall–Kier alpha value is -2.63. The molecule has 20 heavy (non-hydrogen) atoms. The molecule has 0 atom stereocenters. The molecule has 2 aromatic rings. The van der Waals surface area contributed by atoms with Gasteiger partial charge in [0, 0.05) is 19.7 Å². The van der Waals surface area contributed by atoms with Crippen molar-refractivity contribution in [2.24, 2.45) is 0 Å². The molecule has 0 saturated carbocycles. The maximum Gasteiger partial charge on any atom is 0.273 e. The van der Waals surface area contributed by atoms with Crippen LogP contribution in [0.1, 0.15) is 10.5 Å². The highest BCUT2D eigenvalue weighted by molar-refractivity contribution is 5.97. The first-order valence-electron chi connectivity index (χ1n) is 6.12. The Morgan fingerprint density at radius 1 is 1.15 bits per heavy atom. The van der Waals surface area contributed by atoms with Gasteiger partial charge >= 0.3 is 0 Å². The Balaban J connectivity index is 2.62. The summed E-state index contributed by atoms with van der Waals surface area (Å²) in [5.41, 5.74) is 1.66. The third kappa shape index (κ3) is 2.54. The summed E-state index contributed by atoms with van der Waals surface area (Å²) < 4.78 is 5.25. The number of rotatable bonds is 4. The lowest BCUT2D eigenvalue weighted by molar-refractivity contribution is 0.0958. The fourth-order valence-corrected chi connectivity index (χ4v) is 1.80. The zero-order valence-corrected chi connectivity index (χ0v) is 11.6. The number of hydrogen-bond donors (Lipinski definition) is 2. The van der Waals surface area contributed by atoms with E-state index in [1.807, 2.05) is 30.3 Å². The standard InChI is InChI=1S/C14H16N4O2/c1-15-12-11(13(19)16-2)18-14(20-3)10(17-12)9-7-5-4-6-8-9/h4-8H,1-3H3,(H,15,17)(H,16,19). The Morgan fingerprint density at radius 2 is 1.85 bits per heavy atom. The molecule has 0 radical (unpaired) electrons. The lowest BCUT2D eigenvalue weighted by Gasteiger charge is -2.12. The molecule has 2 N–H and O–H groups in total. The smallest absolute Gasteiger partial charge is 0.273 e. The molecule has 1 amide bonds. The summed E-state index contributed by atoms with van der Waals surface area (Å²) in [4.78, 5) is 20.5. The number of nitrogens with zero attached hydrogens (tertiary/aromatic N) is 2. The first-order chi connectivity index (χ1) is 9.71. The van der Waals surface area contributed by atoms with Crippen LogP contribution >= 0.6 is 0 Å². The minimum atomic E-state index is -0.320. The number of methoxy groups -OCH3 is 1. The van der Waals surface area contributed by atoms with E-state index >= 15 is 0 Å². The summed E-state index contributed by atoms with van der Waals surface area (Å²) in [6.45, 7) is 0. The lowest BCUT2D eigenvalue weighted by Crippen LogP contribution is -2.22. The summed E-state index contributed by atoms with van der Waals surface area (Å²) in [6.07, 6.45) is 0. The number of carbonyl (C=O) groups is 1. The topological polar surface area (TPSA) is 76.1 Å². The van der Waals surface area contributed by atoms with E-state index < -0.39 is 0 Å². The van der Waals surface area contributed by atoms with Crippen molar-refractivity contribution < 1.29 is 9.53 Å². The quantitative estimate of drug-likeness (QED) is 0.883. The summed E-state index contributed by atoms with van der Waals surface area (Å²) >= 11 is 0. The number of anilines is 1. The fraction of sp³-hybridized carbons (Fsp3) is 0.214. The molecule has 1 heterocycles. The van der Waals surface area contributed by atoms with Crippen molar-refractivity contribution in [3.8, 4) is 17.1 Å². The zero-order valence-electron chi connectivity index (χ0n) is 11.6. The van der Waals surface area contributed by atoms with E-state index in [-0.39, 0.29) is 11.6 Å². The minimum Gasteiger partial charge on any atom is -0.479 e. The predicted molar refractivity (Wildman–Crippen MR) is 77.0 cm³/mol. The predicted octanol–water partition coefficient (Wildman–Crippen LogP) is 1.55. The van der Waals surface area contributed by atoms with Crippen LogP contribution in [-0.2, 0) is 0 Å². The molecule has 6 heteroatoms. The van der Waals surface area contributed by atoms with Crippen LogP contribution in [0.2, 0.25) is 0 Å². The Kier molecular flexibility index (Phi) is 4.14. The van der Waals surface area contributed by atoms with Gasteiger partial charge in [-0.1, -0.05) is 30.3 Å². The molecule has 0 spiro atoms. The molecule has 2 rings (SSSR count). The monoisotopic (exact) mass is 272 g/mol. The molecule has 0 saturated heterocycles. The molecular formula is C14H16N4O2. The highest BCUT2D eigenvalue weighted by atomic mass is 16.5. The van der Waals surface area contributed by atoms with Crippen molar-refractivity contribution >= 4 is 11.7 Å². The van der Waals surface area contributed by atoms with E-state index in [0.29, 0.717) is 17.4 Å². The van der Waals surface area contributed by atoms with Crippen LogP contribution in [0.3, 0.4) is 0 Å². The summed E-state index contributed by atoms with van der Waals surface area (Å²) in [7, 11) is 4.74. The summed E-state index contributed by atoms with van der Waals surface area (Å²) in [6, 6.07) is 9.54. The maximum atomic E-state index is 11.8. The minimum absolute atomic E-state index is 0.200. The number of ether oxygens (including phenoxy) is 1. The van der Waals surface area contributed by atoms with E-state index in [9.17, 15) is 4.79 Å². The number of hydrogen-bond acceptors (Lipinski definition) is 5. The molecule has 1 aromatic carbocycles. The normalized spacial score (nSPS) is 9.95. The van der Waals surface area contributed by atoms with Gasteiger partial charge < -0.3 is 15.4 Å². The lowest BCUT2D eigenvalue weighted by atomic mass is 10.1. The molecule has 1 aromatic heterocycles. The van der Waals surface area contributed by atoms with Crippen molar-refractivity contribution in [3.63, 3.8) is 0 Å². The highest BCUT2D eigenvalue weighted by Crippen LogP contribution is 2.28. The van der Waals surface area contributed by atoms with Gasteiger partial charge in [0.1, 0.15) is 5.69 Å². The van der Waals surface area contributed by atoms with Gasteiger partial charge in [0.05, 0.1) is 7.11 Å². The number of amides is 1. The van der Waals surface area contributed by atoms with Crippen molar-refractivity contribution in [3.05, 3.63) is 36.0 Å². The van der Waals surface area contributed by atoms with Crippen molar-refractivity contribution in [2.45, 2.75) is 0 Å². The van der Waals surface area contributed by atoms with Gasteiger partial charge in [-0.25, -0.2) is 9.97 Å². The third-order valence-electron chi connectivity index (χ3n) is 2.78. The van der Waals surface area contributed by atoms with Gasteiger partial charge in [0.2, 0.25) is 5.88 Å².